The highest BCUT2D eigenvalue weighted by atomic mass is 16.6. The van der Waals surface area contributed by atoms with Crippen LogP contribution in [0, 0.1) is 0 Å². The van der Waals surface area contributed by atoms with E-state index in [0.29, 0.717) is 5.92 Å². The van der Waals surface area contributed by atoms with Crippen molar-refractivity contribution < 1.29 is 14.3 Å². The molecule has 1 fully saturated rings. The molecule has 0 aromatic heterocycles. The van der Waals surface area contributed by atoms with Crippen LogP contribution in [0.15, 0.2) is 103 Å². The van der Waals surface area contributed by atoms with Crippen molar-refractivity contribution in [3.63, 3.8) is 0 Å². The lowest BCUT2D eigenvalue weighted by atomic mass is 9.80. The van der Waals surface area contributed by atoms with E-state index >= 15 is 0 Å². The number of allylic oxidation sites excluding steroid dienone is 1. The molecule has 0 saturated heterocycles. The van der Waals surface area contributed by atoms with E-state index in [1.807, 2.05) is 66.9 Å². The molecule has 3 heteroatoms. The van der Waals surface area contributed by atoms with Crippen molar-refractivity contribution in [2.24, 2.45) is 0 Å². The molecular formula is C29H30O3. The molecule has 1 aliphatic carbocycles. The highest BCUT2D eigenvalue weighted by Crippen LogP contribution is 2.40. The molecule has 0 radical (unpaired) electrons. The molecule has 3 aromatic carbocycles. The van der Waals surface area contributed by atoms with Crippen LogP contribution in [-0.4, -0.2) is 5.97 Å². The zero-order chi connectivity index (χ0) is 22.2. The van der Waals surface area contributed by atoms with Gasteiger partial charge in [0.15, 0.2) is 12.2 Å². The van der Waals surface area contributed by atoms with E-state index in [1.165, 1.54) is 30.9 Å². The predicted molar refractivity (Wildman–Crippen MR) is 127 cm³/mol. The lowest BCUT2D eigenvalue weighted by Gasteiger charge is -2.30. The van der Waals surface area contributed by atoms with Gasteiger partial charge in [0.25, 0.3) is 0 Å². The Labute approximate surface area is 190 Å². The third-order valence-electron chi connectivity index (χ3n) is 6.05. The molecule has 0 heterocycles. The van der Waals surface area contributed by atoms with E-state index in [4.69, 9.17) is 9.47 Å². The summed E-state index contributed by atoms with van der Waals surface area (Å²) in [5.41, 5.74) is 4.53. The number of carbonyl (C=O) groups excluding carboxylic acids is 1. The van der Waals surface area contributed by atoms with Gasteiger partial charge in [-0.25, -0.2) is 0 Å². The fraction of sp³-hybridized carbons (Fsp3) is 0.276. The normalized spacial score (nSPS) is 19.2. The van der Waals surface area contributed by atoms with Crippen molar-refractivity contribution in [2.45, 2.75) is 50.7 Å². The van der Waals surface area contributed by atoms with Crippen molar-refractivity contribution in [1.82, 2.24) is 0 Å². The first-order valence-corrected chi connectivity index (χ1v) is 11.4. The van der Waals surface area contributed by atoms with Gasteiger partial charge >= 0.3 is 5.97 Å². The van der Waals surface area contributed by atoms with Gasteiger partial charge in [-0.05, 0) is 41.5 Å². The molecule has 0 spiro atoms. The van der Waals surface area contributed by atoms with E-state index in [0.717, 1.165) is 24.0 Å². The van der Waals surface area contributed by atoms with Crippen molar-refractivity contribution in [3.05, 3.63) is 120 Å². The number of esters is 1. The standard InChI is InChI=1S/C29H30O3/c1-22(30)32-29(25-17-9-4-10-18-25)28(24-15-7-3-8-16-24)31-21-26-19-11-12-20-27(26)23-13-5-2-6-14-23/h2-10,13-18,21,27-29H,11-12,19-20H2,1H3/b26-21-/t27-,28-,29-/m1/s1. The van der Waals surface area contributed by atoms with Crippen molar-refractivity contribution in [1.29, 1.82) is 0 Å². The first-order valence-electron chi connectivity index (χ1n) is 11.4. The highest BCUT2D eigenvalue weighted by molar-refractivity contribution is 5.66. The summed E-state index contributed by atoms with van der Waals surface area (Å²) in [6.45, 7) is 1.45. The number of ether oxygens (including phenoxy) is 2. The van der Waals surface area contributed by atoms with Crippen LogP contribution >= 0.6 is 0 Å². The SMILES string of the molecule is CC(=O)O[C@H](c1ccccc1)[C@H](O/C=C1/CCCC[C@@H]1c1ccccc1)c1ccccc1. The summed E-state index contributed by atoms with van der Waals surface area (Å²) in [5, 5.41) is 0. The van der Waals surface area contributed by atoms with Crippen LogP contribution < -0.4 is 0 Å². The maximum Gasteiger partial charge on any atom is 0.303 e. The van der Waals surface area contributed by atoms with Crippen LogP contribution in [0.2, 0.25) is 0 Å². The molecule has 0 amide bonds. The number of benzene rings is 3. The van der Waals surface area contributed by atoms with E-state index in [-0.39, 0.29) is 5.97 Å². The minimum absolute atomic E-state index is 0.323. The summed E-state index contributed by atoms with van der Waals surface area (Å²) in [6, 6.07) is 30.5. The Morgan fingerprint density at radius 2 is 1.38 bits per heavy atom. The third-order valence-corrected chi connectivity index (χ3v) is 6.05. The van der Waals surface area contributed by atoms with E-state index in [2.05, 4.69) is 30.3 Å². The van der Waals surface area contributed by atoms with Crippen LogP contribution in [0.1, 0.15) is 67.4 Å². The molecule has 0 bridgehead atoms. The van der Waals surface area contributed by atoms with Crippen LogP contribution in [0.3, 0.4) is 0 Å². The molecular weight excluding hydrogens is 396 g/mol. The summed E-state index contributed by atoms with van der Waals surface area (Å²) < 4.78 is 12.3. The van der Waals surface area contributed by atoms with Gasteiger partial charge in [-0.3, -0.25) is 4.79 Å². The predicted octanol–water partition coefficient (Wildman–Crippen LogP) is 7.29. The zero-order valence-corrected chi connectivity index (χ0v) is 18.5. The smallest absolute Gasteiger partial charge is 0.303 e. The second-order valence-corrected chi connectivity index (χ2v) is 8.31. The van der Waals surface area contributed by atoms with Crippen molar-refractivity contribution in [3.8, 4) is 0 Å². The summed E-state index contributed by atoms with van der Waals surface area (Å²) in [5.74, 6) is 0.0427. The second-order valence-electron chi connectivity index (χ2n) is 8.31. The molecule has 164 valence electrons. The van der Waals surface area contributed by atoms with Gasteiger partial charge in [0.05, 0.1) is 6.26 Å². The van der Waals surface area contributed by atoms with Gasteiger partial charge in [-0.1, -0.05) is 97.4 Å². The van der Waals surface area contributed by atoms with Gasteiger partial charge in [-0.2, -0.15) is 0 Å². The lowest BCUT2D eigenvalue weighted by Crippen LogP contribution is -2.19. The molecule has 1 aliphatic rings. The topological polar surface area (TPSA) is 35.5 Å². The molecule has 3 atom stereocenters. The Morgan fingerprint density at radius 1 is 0.812 bits per heavy atom. The Kier molecular flexibility index (Phi) is 7.39. The Balaban J connectivity index is 1.68. The summed E-state index contributed by atoms with van der Waals surface area (Å²) in [6.07, 6.45) is 5.50. The highest BCUT2D eigenvalue weighted by Gasteiger charge is 2.30. The lowest BCUT2D eigenvalue weighted by molar-refractivity contribution is -0.153. The number of carbonyl (C=O) groups is 1. The summed E-state index contributed by atoms with van der Waals surface area (Å²) in [4.78, 5) is 12.0. The largest absolute Gasteiger partial charge is 0.489 e. The minimum Gasteiger partial charge on any atom is -0.489 e. The molecule has 1 saturated carbocycles. The van der Waals surface area contributed by atoms with Gasteiger partial charge in [0.2, 0.25) is 0 Å². The Bertz CT molecular complexity index is 1010. The first-order chi connectivity index (χ1) is 15.7. The molecule has 3 aromatic rings. The Hall–Kier alpha value is -3.33. The second kappa shape index (κ2) is 10.8. The molecule has 4 rings (SSSR count). The van der Waals surface area contributed by atoms with E-state index in [9.17, 15) is 4.79 Å². The van der Waals surface area contributed by atoms with Gasteiger partial charge in [0.1, 0.15) is 0 Å². The van der Waals surface area contributed by atoms with Crippen LogP contribution in [0.4, 0.5) is 0 Å². The van der Waals surface area contributed by atoms with Crippen LogP contribution in [0.25, 0.3) is 0 Å². The fourth-order valence-corrected chi connectivity index (χ4v) is 4.50. The maximum atomic E-state index is 12.0. The molecule has 32 heavy (non-hydrogen) atoms. The quantitative estimate of drug-likeness (QED) is 0.294. The van der Waals surface area contributed by atoms with E-state index < -0.39 is 12.2 Å². The monoisotopic (exact) mass is 426 g/mol. The van der Waals surface area contributed by atoms with Gasteiger partial charge in [0, 0.05) is 12.8 Å². The maximum absolute atomic E-state index is 12.0. The van der Waals surface area contributed by atoms with Crippen molar-refractivity contribution >= 4 is 5.97 Å². The molecule has 3 nitrogen and oxygen atoms in total. The molecule has 0 N–H and O–H groups in total. The van der Waals surface area contributed by atoms with Crippen LogP contribution in [0.5, 0.6) is 0 Å². The zero-order valence-electron chi connectivity index (χ0n) is 18.5. The average Bonchev–Trinajstić information content (AvgIpc) is 2.85. The average molecular weight is 427 g/mol. The minimum atomic E-state index is -0.535. The molecule has 0 aliphatic heterocycles. The van der Waals surface area contributed by atoms with Gasteiger partial charge in [-0.15, -0.1) is 0 Å². The fourth-order valence-electron chi connectivity index (χ4n) is 4.50. The van der Waals surface area contributed by atoms with Gasteiger partial charge < -0.3 is 9.47 Å². The summed E-state index contributed by atoms with van der Waals surface area (Å²) in [7, 11) is 0. The first kappa shape index (κ1) is 21.9. The van der Waals surface area contributed by atoms with E-state index in [1.54, 1.807) is 0 Å². The van der Waals surface area contributed by atoms with Crippen LogP contribution in [-0.2, 0) is 14.3 Å². The number of hydrogen-bond acceptors (Lipinski definition) is 3. The third kappa shape index (κ3) is 5.47. The number of rotatable bonds is 7. The Morgan fingerprint density at radius 3 is 1.97 bits per heavy atom. The summed E-state index contributed by atoms with van der Waals surface area (Å²) >= 11 is 0. The van der Waals surface area contributed by atoms with Crippen molar-refractivity contribution in [2.75, 3.05) is 0 Å². The molecule has 0 unspecified atom stereocenters. The number of hydrogen-bond donors (Lipinski definition) is 0.